The van der Waals surface area contributed by atoms with Gasteiger partial charge in [0.05, 0.1) is 5.92 Å². The van der Waals surface area contributed by atoms with Gasteiger partial charge in [-0.25, -0.2) is 0 Å². The van der Waals surface area contributed by atoms with Gasteiger partial charge in [-0.2, -0.15) is 0 Å². The van der Waals surface area contributed by atoms with E-state index in [0.717, 1.165) is 59.1 Å². The van der Waals surface area contributed by atoms with Gasteiger partial charge < -0.3 is 31.1 Å². The van der Waals surface area contributed by atoms with Crippen LogP contribution in [-0.4, -0.2) is 51.3 Å². The molecule has 0 saturated carbocycles. The minimum Gasteiger partial charge on any atom is -0.508 e. The molecule has 0 bridgehead atoms. The Morgan fingerprint density at radius 1 is 0.552 bits per heavy atom. The summed E-state index contributed by atoms with van der Waals surface area (Å²) in [7, 11) is 0. The second-order valence-electron chi connectivity index (χ2n) is 19.8. The number of hydrogen-bond acceptors (Lipinski definition) is 6. The second-order valence-corrected chi connectivity index (χ2v) is 19.8. The van der Waals surface area contributed by atoms with Gasteiger partial charge in [0.25, 0.3) is 0 Å². The predicted molar refractivity (Wildman–Crippen MR) is 236 cm³/mol. The molecule has 0 aromatic heterocycles. The molecule has 2 amide bonds. The van der Waals surface area contributed by atoms with Crippen LogP contribution in [0.25, 0.3) is 0 Å². The van der Waals surface area contributed by atoms with Crippen LogP contribution >= 0.6 is 0 Å². The Morgan fingerprint density at radius 3 is 1.17 bits per heavy atom. The van der Waals surface area contributed by atoms with Crippen LogP contribution in [0.5, 0.6) is 17.2 Å². The maximum Gasteiger partial charge on any atom is 0.310 e. The molecule has 0 fully saturated rings. The summed E-state index contributed by atoms with van der Waals surface area (Å²) in [5, 5.41) is 45.9. The van der Waals surface area contributed by atoms with Crippen LogP contribution in [0.1, 0.15) is 173 Å². The number of carbonyl (C=O) groups is 3. The quantitative estimate of drug-likeness (QED) is 0.0836. The molecular formula is C49H74N2O7. The number of carboxylic acids is 1. The number of carboxylic acid groups (broad SMARTS) is 1. The fourth-order valence-electron chi connectivity index (χ4n) is 6.70. The van der Waals surface area contributed by atoms with Crippen LogP contribution in [0.2, 0.25) is 0 Å². The van der Waals surface area contributed by atoms with Gasteiger partial charge in [-0.3, -0.25) is 14.4 Å². The third-order valence-corrected chi connectivity index (χ3v) is 10.4. The number of amides is 2. The van der Waals surface area contributed by atoms with Gasteiger partial charge in [0.2, 0.25) is 11.8 Å². The zero-order valence-corrected chi connectivity index (χ0v) is 37.8. The van der Waals surface area contributed by atoms with Gasteiger partial charge in [-0.15, -0.1) is 0 Å². The second kappa shape index (κ2) is 20.9. The summed E-state index contributed by atoms with van der Waals surface area (Å²) in [5.74, 6) is -0.728. The normalized spacial score (nSPS) is 12.6. The number of phenolic OH excluding ortho intramolecular Hbond substituents is 3. The molecule has 0 aliphatic carbocycles. The molecular weight excluding hydrogens is 729 g/mol. The third-order valence-electron chi connectivity index (χ3n) is 10.4. The van der Waals surface area contributed by atoms with Gasteiger partial charge >= 0.3 is 5.97 Å². The first-order chi connectivity index (χ1) is 26.6. The van der Waals surface area contributed by atoms with Gasteiger partial charge in [0, 0.05) is 31.5 Å². The summed E-state index contributed by atoms with van der Waals surface area (Å²) in [6.45, 7) is 28.0. The molecule has 322 valence electrons. The smallest absolute Gasteiger partial charge is 0.310 e. The van der Waals surface area contributed by atoms with Crippen molar-refractivity contribution < 1.29 is 34.8 Å². The first kappa shape index (κ1) is 49.6. The lowest BCUT2D eigenvalue weighted by atomic mass is 9.78. The highest BCUT2D eigenvalue weighted by Crippen LogP contribution is 2.41. The van der Waals surface area contributed by atoms with Crippen LogP contribution in [0.15, 0.2) is 48.5 Å². The molecule has 0 spiro atoms. The van der Waals surface area contributed by atoms with Crippen molar-refractivity contribution in [3.63, 3.8) is 0 Å². The van der Waals surface area contributed by atoms with Crippen molar-refractivity contribution >= 4 is 17.8 Å². The summed E-state index contributed by atoms with van der Waals surface area (Å²) in [6.07, 6.45) is 5.93. The molecule has 3 aromatic carbocycles. The number of unbranched alkanes of at least 4 members (excludes halogenated alkanes) is 3. The van der Waals surface area contributed by atoms with Crippen molar-refractivity contribution in [3.8, 4) is 17.2 Å². The third kappa shape index (κ3) is 15.7. The summed E-state index contributed by atoms with van der Waals surface area (Å²) in [4.78, 5) is 35.6. The number of aromatic hydroxyl groups is 3. The molecule has 58 heavy (non-hydrogen) atoms. The summed E-state index contributed by atoms with van der Waals surface area (Å²) in [6, 6.07) is 14.7. The Balaban J connectivity index is 0.000000822. The molecule has 3 rings (SSSR count). The Bertz CT molecular complexity index is 1660. The van der Waals surface area contributed by atoms with E-state index in [2.05, 4.69) is 118 Å². The topological polar surface area (TPSA) is 156 Å². The van der Waals surface area contributed by atoms with E-state index in [-0.39, 0.29) is 39.2 Å². The van der Waals surface area contributed by atoms with Gasteiger partial charge in [-0.1, -0.05) is 138 Å². The largest absolute Gasteiger partial charge is 0.508 e. The van der Waals surface area contributed by atoms with Crippen LogP contribution in [0.3, 0.4) is 0 Å². The first-order valence-corrected chi connectivity index (χ1v) is 20.9. The van der Waals surface area contributed by atoms with Crippen molar-refractivity contribution in [1.82, 2.24) is 10.6 Å². The molecule has 6 N–H and O–H groups in total. The molecule has 9 nitrogen and oxygen atoms in total. The lowest BCUT2D eigenvalue weighted by Crippen LogP contribution is -2.25. The van der Waals surface area contributed by atoms with Gasteiger partial charge in [-0.05, 0) is 93.7 Å². The number of phenols is 3. The average molecular weight is 803 g/mol. The minimum absolute atomic E-state index is 0.0346. The zero-order valence-electron chi connectivity index (χ0n) is 37.8. The van der Waals surface area contributed by atoms with Gasteiger partial charge in [0.1, 0.15) is 17.2 Å². The monoisotopic (exact) mass is 803 g/mol. The minimum atomic E-state index is -0.934. The van der Waals surface area contributed by atoms with Crippen molar-refractivity contribution in [2.45, 2.75) is 169 Å². The molecule has 9 heteroatoms. The number of hydrogen-bond donors (Lipinski definition) is 6. The molecule has 1 unspecified atom stereocenters. The lowest BCUT2D eigenvalue weighted by Gasteiger charge is -2.28. The number of aliphatic carboxylic acids is 1. The number of carbonyl (C=O) groups excluding carboxylic acids is 2. The first-order valence-electron chi connectivity index (χ1n) is 20.9. The maximum atomic E-state index is 12.6. The highest BCUT2D eigenvalue weighted by molar-refractivity contribution is 5.77. The summed E-state index contributed by atoms with van der Waals surface area (Å²) >= 11 is 0. The van der Waals surface area contributed by atoms with E-state index in [1.807, 2.05) is 0 Å². The Hall–Kier alpha value is -4.53. The molecule has 0 saturated heterocycles. The summed E-state index contributed by atoms with van der Waals surface area (Å²) in [5.41, 5.74) is 5.55. The molecule has 0 radical (unpaired) electrons. The lowest BCUT2D eigenvalue weighted by molar-refractivity contribution is -0.138. The fraction of sp³-hybridized carbons (Fsp3) is 0.571. The van der Waals surface area contributed by atoms with Crippen LogP contribution in [0.4, 0.5) is 0 Å². The number of nitrogens with one attached hydrogen (secondary N) is 2. The molecule has 0 heterocycles. The maximum absolute atomic E-state index is 12.6. The summed E-state index contributed by atoms with van der Waals surface area (Å²) < 4.78 is 0. The Kier molecular flexibility index (Phi) is 17.9. The average Bonchev–Trinajstić information content (AvgIpc) is 3.10. The van der Waals surface area contributed by atoms with Crippen LogP contribution in [0, 0.1) is 0 Å². The highest BCUT2D eigenvalue weighted by atomic mass is 16.4. The van der Waals surface area contributed by atoms with Crippen molar-refractivity contribution in [2.24, 2.45) is 0 Å². The van der Waals surface area contributed by atoms with Crippen molar-refractivity contribution in [3.05, 3.63) is 87.5 Å². The molecule has 3 aromatic rings. The fourth-order valence-corrected chi connectivity index (χ4v) is 6.70. The standard InChI is InChI=1S/C40H64N2O4.C9H10O3/c1-37(2,3)29-23-27(24-30(35(29)45)38(4,5)6)17-19-33(43)41-21-15-13-14-16-22-42-34(44)20-18-28-25-31(39(7,8)9)36(46)32(26-28)40(10,11)12;1-6(9(11)12)7-4-2-3-5-8(7)10/h23-26,45-46H,13-22H2,1-12H3,(H,41,43)(H,42,44);2-6,10H,1H3,(H,11,12). The number of benzene rings is 3. The highest BCUT2D eigenvalue weighted by Gasteiger charge is 2.28. The number of para-hydroxylation sites is 1. The van der Waals surface area contributed by atoms with E-state index < -0.39 is 11.9 Å². The van der Waals surface area contributed by atoms with Crippen molar-refractivity contribution in [2.75, 3.05) is 13.1 Å². The molecule has 0 aliphatic heterocycles. The van der Waals surface area contributed by atoms with Gasteiger partial charge in [0.15, 0.2) is 0 Å². The zero-order chi connectivity index (χ0) is 44.2. The van der Waals surface area contributed by atoms with Crippen molar-refractivity contribution in [1.29, 1.82) is 0 Å². The Morgan fingerprint density at radius 2 is 0.879 bits per heavy atom. The van der Waals surface area contributed by atoms with Crippen LogP contribution < -0.4 is 10.6 Å². The van der Waals surface area contributed by atoms with Crippen LogP contribution in [-0.2, 0) is 48.9 Å². The van der Waals surface area contributed by atoms with E-state index in [0.29, 0.717) is 55.8 Å². The SMILES string of the molecule is CC(C(=O)O)c1ccccc1O.CC(C)(C)c1cc(CCC(=O)NCCCCCCNC(=O)CCc2cc(C(C)(C)C)c(O)c(C(C)(C)C)c2)cc(C(C)(C)C)c1O. The Labute approximate surface area is 349 Å². The van der Waals surface area contributed by atoms with E-state index in [9.17, 15) is 29.7 Å². The number of aryl methyl sites for hydroxylation is 2. The molecule has 1 atom stereocenters. The number of rotatable bonds is 15. The molecule has 0 aliphatic rings. The van der Waals surface area contributed by atoms with E-state index in [4.69, 9.17) is 5.11 Å². The van der Waals surface area contributed by atoms with E-state index in [1.165, 1.54) is 13.0 Å². The van der Waals surface area contributed by atoms with E-state index in [1.54, 1.807) is 18.2 Å². The predicted octanol–water partition coefficient (Wildman–Crippen LogP) is 10.2. The van der Waals surface area contributed by atoms with E-state index >= 15 is 0 Å².